The number of hydrogen-bond donors (Lipinski definition) is 1. The summed E-state index contributed by atoms with van der Waals surface area (Å²) in [7, 11) is 1.68. The molecule has 0 aliphatic rings. The van der Waals surface area contributed by atoms with Crippen LogP contribution in [0.5, 0.6) is 0 Å². The molecule has 7 nitrogen and oxygen atoms in total. The van der Waals surface area contributed by atoms with Crippen LogP contribution in [0, 0.1) is 13.8 Å². The number of carbonyl (C=O) groups is 3. The number of nitrogens with zero attached hydrogens (tertiary/aromatic N) is 2. The molecule has 1 heterocycles. The number of nitrogens with one attached hydrogen (secondary N) is 1. The zero-order chi connectivity index (χ0) is 21.1. The van der Waals surface area contributed by atoms with E-state index in [1.54, 1.807) is 67.2 Å². The molecule has 7 heteroatoms. The Kier molecular flexibility index (Phi) is 5.59. The molecule has 2 aromatic carbocycles. The first-order valence-corrected chi connectivity index (χ1v) is 9.07. The Morgan fingerprint density at radius 3 is 2.17 bits per heavy atom. The Labute approximate surface area is 167 Å². The first-order valence-electron chi connectivity index (χ1n) is 9.07. The average molecular weight is 391 g/mol. The van der Waals surface area contributed by atoms with Crippen LogP contribution >= 0.6 is 0 Å². The number of carbonyl (C=O) groups excluding carboxylic acids is 3. The fourth-order valence-corrected chi connectivity index (χ4v) is 2.96. The van der Waals surface area contributed by atoms with Gasteiger partial charge in [-0.25, -0.2) is 4.68 Å². The number of ketones is 2. The third-order valence-corrected chi connectivity index (χ3v) is 4.74. The van der Waals surface area contributed by atoms with Crippen molar-refractivity contribution < 1.29 is 14.4 Å². The van der Waals surface area contributed by atoms with E-state index in [-0.39, 0.29) is 5.69 Å². The Morgan fingerprint density at radius 1 is 0.931 bits per heavy atom. The van der Waals surface area contributed by atoms with Gasteiger partial charge in [0.05, 0.1) is 17.8 Å². The van der Waals surface area contributed by atoms with E-state index < -0.39 is 29.5 Å². The lowest BCUT2D eigenvalue weighted by atomic mass is 10.0. The number of Topliss-reactive ketones (excluding diaryl/α,β-unsaturated/α-hetero) is 2. The number of amides is 1. The molecule has 29 heavy (non-hydrogen) atoms. The Balaban J connectivity index is 1.78. The van der Waals surface area contributed by atoms with Crippen LogP contribution in [-0.4, -0.2) is 26.8 Å². The normalized spacial score (nSPS) is 10.6. The molecule has 0 spiro atoms. The van der Waals surface area contributed by atoms with E-state index in [1.807, 2.05) is 13.0 Å². The number of benzene rings is 2. The van der Waals surface area contributed by atoms with Crippen molar-refractivity contribution in [1.29, 1.82) is 0 Å². The standard InChI is InChI=1S/C22H21N3O4/c1-14-9-11-16(12-10-14)18(26)13-19(27)21(28)23-20-15(2)24(3)25(22(20)29)17-7-5-4-6-8-17/h4-12H,13H2,1-3H3,(H,23,28). The largest absolute Gasteiger partial charge is 0.313 e. The summed E-state index contributed by atoms with van der Waals surface area (Å²) in [5.41, 5.74) is 2.02. The van der Waals surface area contributed by atoms with Gasteiger partial charge in [-0.1, -0.05) is 48.0 Å². The maximum atomic E-state index is 12.8. The van der Waals surface area contributed by atoms with E-state index in [0.717, 1.165) is 5.56 Å². The molecule has 0 saturated carbocycles. The van der Waals surface area contributed by atoms with Gasteiger partial charge in [-0.15, -0.1) is 0 Å². The van der Waals surface area contributed by atoms with Gasteiger partial charge in [0.25, 0.3) is 11.5 Å². The van der Waals surface area contributed by atoms with Gasteiger partial charge in [0, 0.05) is 12.6 Å². The van der Waals surface area contributed by atoms with Crippen molar-refractivity contribution in [3.05, 3.63) is 81.8 Å². The number of anilines is 1. The summed E-state index contributed by atoms with van der Waals surface area (Å²) in [4.78, 5) is 49.6. The summed E-state index contributed by atoms with van der Waals surface area (Å²) < 4.78 is 2.99. The highest BCUT2D eigenvalue weighted by molar-refractivity contribution is 6.44. The van der Waals surface area contributed by atoms with Crippen LogP contribution in [0.2, 0.25) is 0 Å². The summed E-state index contributed by atoms with van der Waals surface area (Å²) in [5.74, 6) is -2.34. The van der Waals surface area contributed by atoms with Gasteiger partial charge in [-0.3, -0.25) is 23.9 Å². The topological polar surface area (TPSA) is 90.2 Å². The molecule has 0 saturated heterocycles. The second-order valence-corrected chi connectivity index (χ2v) is 6.78. The van der Waals surface area contributed by atoms with Crippen LogP contribution in [0.25, 0.3) is 5.69 Å². The lowest BCUT2D eigenvalue weighted by Gasteiger charge is -2.07. The van der Waals surface area contributed by atoms with Crippen molar-refractivity contribution >= 4 is 23.2 Å². The molecule has 0 fully saturated rings. The van der Waals surface area contributed by atoms with Crippen LogP contribution in [0.3, 0.4) is 0 Å². The summed E-state index contributed by atoms with van der Waals surface area (Å²) >= 11 is 0. The smallest absolute Gasteiger partial charge is 0.295 e. The second kappa shape index (κ2) is 8.10. The minimum Gasteiger partial charge on any atom is -0.313 e. The highest BCUT2D eigenvalue weighted by Crippen LogP contribution is 2.14. The minimum atomic E-state index is -0.989. The molecule has 0 unspecified atom stereocenters. The number of aryl methyl sites for hydroxylation is 1. The van der Waals surface area contributed by atoms with Crippen molar-refractivity contribution in [2.45, 2.75) is 20.3 Å². The summed E-state index contributed by atoms with van der Waals surface area (Å²) in [5, 5.41) is 2.38. The van der Waals surface area contributed by atoms with E-state index in [4.69, 9.17) is 0 Å². The molecular weight excluding hydrogens is 370 g/mol. The summed E-state index contributed by atoms with van der Waals surface area (Å²) in [6, 6.07) is 15.7. The van der Waals surface area contributed by atoms with Crippen molar-refractivity contribution in [3.63, 3.8) is 0 Å². The van der Waals surface area contributed by atoms with Crippen molar-refractivity contribution in [2.75, 3.05) is 5.32 Å². The molecule has 3 aromatic rings. The number of hydrogen-bond acceptors (Lipinski definition) is 4. The molecule has 148 valence electrons. The number of aromatic nitrogens is 2. The van der Waals surface area contributed by atoms with Crippen LogP contribution < -0.4 is 10.9 Å². The predicted molar refractivity (Wildman–Crippen MR) is 110 cm³/mol. The SMILES string of the molecule is Cc1ccc(C(=O)CC(=O)C(=O)Nc2c(C)n(C)n(-c3ccccc3)c2=O)cc1. The molecule has 0 atom stereocenters. The minimum absolute atomic E-state index is 0.0116. The molecule has 1 amide bonds. The molecule has 3 rings (SSSR count). The van der Waals surface area contributed by atoms with Gasteiger partial charge in [-0.2, -0.15) is 0 Å². The van der Waals surface area contributed by atoms with Crippen LogP contribution in [0.1, 0.15) is 28.0 Å². The summed E-state index contributed by atoms with van der Waals surface area (Å²) in [6.07, 6.45) is -0.562. The van der Waals surface area contributed by atoms with Crippen molar-refractivity contribution in [2.24, 2.45) is 7.05 Å². The van der Waals surface area contributed by atoms with Gasteiger partial charge in [0.1, 0.15) is 5.69 Å². The fraction of sp³-hybridized carbons (Fsp3) is 0.182. The fourth-order valence-electron chi connectivity index (χ4n) is 2.96. The quantitative estimate of drug-likeness (QED) is 0.397. The predicted octanol–water partition coefficient (Wildman–Crippen LogP) is 2.57. The van der Waals surface area contributed by atoms with E-state index in [2.05, 4.69) is 5.32 Å². The molecule has 0 bridgehead atoms. The molecular formula is C22H21N3O4. The van der Waals surface area contributed by atoms with E-state index in [9.17, 15) is 19.2 Å². The lowest BCUT2D eigenvalue weighted by Crippen LogP contribution is -2.28. The molecule has 0 aliphatic heterocycles. The van der Waals surface area contributed by atoms with Crippen LogP contribution in [0.4, 0.5) is 5.69 Å². The third kappa shape index (κ3) is 4.08. The van der Waals surface area contributed by atoms with Gasteiger partial charge in [0.15, 0.2) is 5.78 Å². The molecule has 0 radical (unpaired) electrons. The maximum Gasteiger partial charge on any atom is 0.295 e. The second-order valence-electron chi connectivity index (χ2n) is 6.78. The first kappa shape index (κ1) is 20.0. The Bertz CT molecular complexity index is 1140. The van der Waals surface area contributed by atoms with Crippen LogP contribution in [-0.2, 0) is 16.6 Å². The first-order chi connectivity index (χ1) is 13.8. The van der Waals surface area contributed by atoms with Gasteiger partial charge in [-0.05, 0) is 26.0 Å². The molecule has 1 aromatic heterocycles. The third-order valence-electron chi connectivity index (χ3n) is 4.74. The van der Waals surface area contributed by atoms with Gasteiger partial charge in [0.2, 0.25) is 5.78 Å². The summed E-state index contributed by atoms with van der Waals surface area (Å²) in [6.45, 7) is 3.55. The Morgan fingerprint density at radius 2 is 1.55 bits per heavy atom. The zero-order valence-corrected chi connectivity index (χ0v) is 16.4. The van der Waals surface area contributed by atoms with Gasteiger partial charge >= 0.3 is 0 Å². The van der Waals surface area contributed by atoms with Crippen LogP contribution in [0.15, 0.2) is 59.4 Å². The average Bonchev–Trinajstić information content (AvgIpc) is 2.92. The maximum absolute atomic E-state index is 12.8. The van der Waals surface area contributed by atoms with Crippen molar-refractivity contribution in [1.82, 2.24) is 9.36 Å². The Hall–Kier alpha value is -3.74. The van der Waals surface area contributed by atoms with E-state index in [0.29, 0.717) is 16.9 Å². The highest BCUT2D eigenvalue weighted by atomic mass is 16.2. The monoisotopic (exact) mass is 391 g/mol. The highest BCUT2D eigenvalue weighted by Gasteiger charge is 2.23. The zero-order valence-electron chi connectivity index (χ0n) is 16.4. The number of rotatable bonds is 6. The molecule has 0 aliphatic carbocycles. The molecule has 1 N–H and O–H groups in total. The number of para-hydroxylation sites is 1. The van der Waals surface area contributed by atoms with Gasteiger partial charge < -0.3 is 5.32 Å². The lowest BCUT2D eigenvalue weighted by molar-refractivity contribution is -0.134. The van der Waals surface area contributed by atoms with Crippen molar-refractivity contribution in [3.8, 4) is 5.69 Å². The van der Waals surface area contributed by atoms with E-state index >= 15 is 0 Å². The van der Waals surface area contributed by atoms with E-state index in [1.165, 1.54) is 4.68 Å².